The van der Waals surface area contributed by atoms with E-state index in [1.807, 2.05) is 18.2 Å². The SMILES string of the molecule is Cc1ccccc1SCc1cccc(S(=O)(=O)N(C)C)c1. The largest absolute Gasteiger partial charge is 0.242 e. The number of benzene rings is 2. The van der Waals surface area contributed by atoms with Crippen molar-refractivity contribution in [2.24, 2.45) is 0 Å². The lowest BCUT2D eigenvalue weighted by molar-refractivity contribution is 0.520. The van der Waals surface area contributed by atoms with Crippen molar-refractivity contribution in [2.45, 2.75) is 22.5 Å². The first-order chi connectivity index (χ1) is 9.91. The molecule has 0 aliphatic carbocycles. The number of hydrogen-bond donors (Lipinski definition) is 0. The summed E-state index contributed by atoms with van der Waals surface area (Å²) in [6.07, 6.45) is 0. The molecular formula is C16H19NO2S2. The second-order valence-electron chi connectivity index (χ2n) is 4.99. The molecule has 0 bridgehead atoms. The summed E-state index contributed by atoms with van der Waals surface area (Å²) in [5.41, 5.74) is 2.24. The summed E-state index contributed by atoms with van der Waals surface area (Å²) in [4.78, 5) is 1.56. The molecule has 0 amide bonds. The van der Waals surface area contributed by atoms with Gasteiger partial charge in [-0.15, -0.1) is 11.8 Å². The maximum Gasteiger partial charge on any atom is 0.242 e. The van der Waals surface area contributed by atoms with E-state index >= 15 is 0 Å². The van der Waals surface area contributed by atoms with Crippen LogP contribution in [0.5, 0.6) is 0 Å². The molecule has 2 aromatic carbocycles. The zero-order valence-corrected chi connectivity index (χ0v) is 14.0. The van der Waals surface area contributed by atoms with Crippen LogP contribution >= 0.6 is 11.8 Å². The highest BCUT2D eigenvalue weighted by molar-refractivity contribution is 7.98. The van der Waals surface area contributed by atoms with Crippen LogP contribution in [0.25, 0.3) is 0 Å². The number of nitrogens with zero attached hydrogens (tertiary/aromatic N) is 1. The standard InChI is InChI=1S/C16H19NO2S2/c1-13-7-4-5-10-16(13)20-12-14-8-6-9-15(11-14)21(18,19)17(2)3/h4-11H,12H2,1-3H3. The molecular weight excluding hydrogens is 302 g/mol. The minimum Gasteiger partial charge on any atom is -0.207 e. The van der Waals surface area contributed by atoms with E-state index in [9.17, 15) is 8.42 Å². The van der Waals surface area contributed by atoms with Crippen molar-refractivity contribution >= 4 is 21.8 Å². The van der Waals surface area contributed by atoms with Gasteiger partial charge in [-0.05, 0) is 36.2 Å². The Morgan fingerprint density at radius 2 is 1.76 bits per heavy atom. The molecule has 0 saturated carbocycles. The van der Waals surface area contributed by atoms with Gasteiger partial charge in [0.2, 0.25) is 10.0 Å². The van der Waals surface area contributed by atoms with E-state index in [-0.39, 0.29) is 0 Å². The lowest BCUT2D eigenvalue weighted by atomic mass is 10.2. The van der Waals surface area contributed by atoms with Crippen molar-refractivity contribution in [3.63, 3.8) is 0 Å². The molecule has 0 heterocycles. The summed E-state index contributed by atoms with van der Waals surface area (Å²) < 4.78 is 25.5. The van der Waals surface area contributed by atoms with Gasteiger partial charge in [-0.1, -0.05) is 30.3 Å². The van der Waals surface area contributed by atoms with Crippen LogP contribution in [-0.2, 0) is 15.8 Å². The van der Waals surface area contributed by atoms with Gasteiger partial charge in [-0.25, -0.2) is 12.7 Å². The minimum absolute atomic E-state index is 0.343. The number of sulfonamides is 1. The van der Waals surface area contributed by atoms with Gasteiger partial charge in [0.15, 0.2) is 0 Å². The first-order valence-corrected chi connectivity index (χ1v) is 9.04. The number of aryl methyl sites for hydroxylation is 1. The Labute approximate surface area is 131 Å². The number of thioether (sulfide) groups is 1. The van der Waals surface area contributed by atoms with Crippen LogP contribution in [0.15, 0.2) is 58.3 Å². The predicted octanol–water partition coefficient (Wildman–Crippen LogP) is 3.54. The molecule has 0 saturated heterocycles. The van der Waals surface area contributed by atoms with Crippen molar-refractivity contribution in [1.29, 1.82) is 0 Å². The Kier molecular flexibility index (Phi) is 5.08. The monoisotopic (exact) mass is 321 g/mol. The van der Waals surface area contributed by atoms with Gasteiger partial charge in [0.05, 0.1) is 4.90 Å². The molecule has 21 heavy (non-hydrogen) atoms. The van der Waals surface area contributed by atoms with E-state index in [0.29, 0.717) is 4.90 Å². The highest BCUT2D eigenvalue weighted by Crippen LogP contribution is 2.26. The van der Waals surface area contributed by atoms with Gasteiger partial charge in [0.1, 0.15) is 0 Å². The van der Waals surface area contributed by atoms with Crippen LogP contribution in [0.2, 0.25) is 0 Å². The summed E-state index contributed by atoms with van der Waals surface area (Å²) in [5.74, 6) is 0.752. The molecule has 0 unspecified atom stereocenters. The summed E-state index contributed by atoms with van der Waals surface area (Å²) in [6.45, 7) is 2.08. The average molecular weight is 321 g/mol. The maximum atomic E-state index is 12.1. The molecule has 0 fully saturated rings. The first kappa shape index (κ1) is 16.1. The van der Waals surface area contributed by atoms with Crippen LogP contribution in [0.1, 0.15) is 11.1 Å². The first-order valence-electron chi connectivity index (χ1n) is 6.61. The molecule has 112 valence electrons. The van der Waals surface area contributed by atoms with Crippen molar-refractivity contribution in [3.05, 3.63) is 59.7 Å². The fraction of sp³-hybridized carbons (Fsp3) is 0.250. The Bertz CT molecular complexity index is 725. The van der Waals surface area contributed by atoms with Crippen molar-refractivity contribution in [1.82, 2.24) is 4.31 Å². The fourth-order valence-corrected chi connectivity index (χ4v) is 3.83. The van der Waals surface area contributed by atoms with Gasteiger partial charge in [0, 0.05) is 24.7 Å². The van der Waals surface area contributed by atoms with Crippen molar-refractivity contribution in [2.75, 3.05) is 14.1 Å². The fourth-order valence-electron chi connectivity index (χ4n) is 1.89. The molecule has 3 nitrogen and oxygen atoms in total. The number of rotatable bonds is 5. The molecule has 0 N–H and O–H groups in total. The highest BCUT2D eigenvalue weighted by atomic mass is 32.2. The third-order valence-electron chi connectivity index (χ3n) is 3.16. The van der Waals surface area contributed by atoms with E-state index in [2.05, 4.69) is 19.1 Å². The third kappa shape index (κ3) is 3.87. The maximum absolute atomic E-state index is 12.1. The minimum atomic E-state index is -3.37. The smallest absolute Gasteiger partial charge is 0.207 e. The lowest BCUT2D eigenvalue weighted by Gasteiger charge is -2.12. The number of hydrogen-bond acceptors (Lipinski definition) is 3. The van der Waals surface area contributed by atoms with E-state index in [1.165, 1.54) is 14.8 Å². The summed E-state index contributed by atoms with van der Waals surface area (Å²) in [5, 5.41) is 0. The van der Waals surface area contributed by atoms with Crippen LogP contribution < -0.4 is 0 Å². The van der Waals surface area contributed by atoms with Gasteiger partial charge < -0.3 is 0 Å². The van der Waals surface area contributed by atoms with Gasteiger partial charge in [-0.2, -0.15) is 0 Å². The summed E-state index contributed by atoms with van der Waals surface area (Å²) in [7, 11) is -0.275. The molecule has 0 aliphatic heterocycles. The van der Waals surface area contributed by atoms with Crippen LogP contribution in [0.4, 0.5) is 0 Å². The molecule has 0 aliphatic rings. The second-order valence-corrected chi connectivity index (χ2v) is 8.16. The molecule has 5 heteroatoms. The topological polar surface area (TPSA) is 37.4 Å². The normalized spacial score (nSPS) is 11.8. The lowest BCUT2D eigenvalue weighted by Crippen LogP contribution is -2.22. The van der Waals surface area contributed by atoms with E-state index in [4.69, 9.17) is 0 Å². The Balaban J connectivity index is 2.18. The van der Waals surface area contributed by atoms with E-state index in [0.717, 1.165) is 11.3 Å². The molecule has 2 aromatic rings. The van der Waals surface area contributed by atoms with Gasteiger partial charge in [0.25, 0.3) is 0 Å². The summed E-state index contributed by atoms with van der Waals surface area (Å²) in [6, 6.07) is 15.3. The zero-order valence-electron chi connectivity index (χ0n) is 12.4. The van der Waals surface area contributed by atoms with Crippen LogP contribution in [-0.4, -0.2) is 26.8 Å². The Morgan fingerprint density at radius 1 is 1.05 bits per heavy atom. The average Bonchev–Trinajstić information content (AvgIpc) is 2.46. The molecule has 0 aromatic heterocycles. The molecule has 0 radical (unpaired) electrons. The third-order valence-corrected chi connectivity index (χ3v) is 6.22. The van der Waals surface area contributed by atoms with E-state index in [1.54, 1.807) is 44.1 Å². The second kappa shape index (κ2) is 6.64. The van der Waals surface area contributed by atoms with Crippen LogP contribution in [0, 0.1) is 6.92 Å². The molecule has 2 rings (SSSR count). The van der Waals surface area contributed by atoms with Crippen LogP contribution in [0.3, 0.4) is 0 Å². The summed E-state index contributed by atoms with van der Waals surface area (Å²) >= 11 is 1.72. The van der Waals surface area contributed by atoms with Gasteiger partial charge in [-0.3, -0.25) is 0 Å². The zero-order chi connectivity index (χ0) is 15.5. The highest BCUT2D eigenvalue weighted by Gasteiger charge is 2.17. The Hall–Kier alpha value is -1.30. The van der Waals surface area contributed by atoms with E-state index < -0.39 is 10.0 Å². The van der Waals surface area contributed by atoms with Crippen molar-refractivity contribution in [3.8, 4) is 0 Å². The van der Waals surface area contributed by atoms with Gasteiger partial charge >= 0.3 is 0 Å². The quantitative estimate of drug-likeness (QED) is 0.791. The molecule has 0 spiro atoms. The molecule has 0 atom stereocenters. The predicted molar refractivity (Wildman–Crippen MR) is 88.1 cm³/mol. The Morgan fingerprint density at radius 3 is 2.43 bits per heavy atom. The van der Waals surface area contributed by atoms with Crippen molar-refractivity contribution < 1.29 is 8.42 Å².